The van der Waals surface area contributed by atoms with Crippen molar-refractivity contribution in [2.75, 3.05) is 18.4 Å². The summed E-state index contributed by atoms with van der Waals surface area (Å²) in [6.45, 7) is 4.84. The molecule has 1 aromatic carbocycles. The molecule has 1 heterocycles. The highest BCUT2D eigenvalue weighted by atomic mass is 35.5. The smallest absolute Gasteiger partial charge is 0.321 e. The van der Waals surface area contributed by atoms with Gasteiger partial charge in [-0.3, -0.25) is 4.79 Å². The first-order valence-electron chi connectivity index (χ1n) is 7.11. The molecule has 1 atom stereocenters. The van der Waals surface area contributed by atoms with Crippen molar-refractivity contribution in [1.82, 2.24) is 4.90 Å². The number of nitrogens with one attached hydrogen (secondary N) is 1. The van der Waals surface area contributed by atoms with E-state index < -0.39 is 11.9 Å². The molecule has 7 heteroatoms. The van der Waals surface area contributed by atoms with Crippen molar-refractivity contribution in [3.8, 4) is 0 Å². The molecule has 5 nitrogen and oxygen atoms in total. The van der Waals surface area contributed by atoms with Crippen LogP contribution in [0.2, 0.25) is 5.02 Å². The molecule has 120 valence electrons. The third kappa shape index (κ3) is 4.30. The fraction of sp³-hybridized carbons (Fsp3) is 0.467. The summed E-state index contributed by atoms with van der Waals surface area (Å²) < 4.78 is 0. The third-order valence-electron chi connectivity index (χ3n) is 3.37. The fourth-order valence-corrected chi connectivity index (χ4v) is 3.36. The van der Waals surface area contributed by atoms with E-state index in [-0.39, 0.29) is 12.6 Å². The van der Waals surface area contributed by atoms with Crippen molar-refractivity contribution < 1.29 is 14.7 Å². The van der Waals surface area contributed by atoms with Gasteiger partial charge in [-0.05, 0) is 24.6 Å². The highest BCUT2D eigenvalue weighted by Gasteiger charge is 2.31. The molecule has 1 saturated heterocycles. The third-order valence-corrected chi connectivity index (χ3v) is 4.69. The van der Waals surface area contributed by atoms with E-state index in [0.717, 1.165) is 4.90 Å². The number of aliphatic carboxylic acids is 1. The molecule has 2 rings (SSSR count). The van der Waals surface area contributed by atoms with Gasteiger partial charge in [-0.2, -0.15) is 0 Å². The Hall–Kier alpha value is -1.40. The molecule has 0 aromatic heterocycles. The number of amides is 2. The largest absolute Gasteiger partial charge is 0.481 e. The Balaban J connectivity index is 2.08. The SMILES string of the molecule is CC(C)Sc1ccc(Cl)cc1NC(=O)N1CCC(C(=O)O)C1. The molecule has 2 amide bonds. The van der Waals surface area contributed by atoms with Crippen LogP contribution in [0, 0.1) is 5.92 Å². The number of nitrogens with zero attached hydrogens (tertiary/aromatic N) is 1. The lowest BCUT2D eigenvalue weighted by atomic mass is 10.1. The summed E-state index contributed by atoms with van der Waals surface area (Å²) in [7, 11) is 0. The topological polar surface area (TPSA) is 69.6 Å². The van der Waals surface area contributed by atoms with Crippen molar-refractivity contribution in [3.05, 3.63) is 23.2 Å². The summed E-state index contributed by atoms with van der Waals surface area (Å²) in [5, 5.41) is 12.8. The van der Waals surface area contributed by atoms with Gasteiger partial charge in [0.15, 0.2) is 0 Å². The summed E-state index contributed by atoms with van der Waals surface area (Å²) in [5.41, 5.74) is 0.662. The molecule has 0 radical (unpaired) electrons. The van der Waals surface area contributed by atoms with E-state index in [1.807, 2.05) is 6.07 Å². The van der Waals surface area contributed by atoms with Gasteiger partial charge in [-0.25, -0.2) is 4.79 Å². The van der Waals surface area contributed by atoms with Crippen molar-refractivity contribution in [2.24, 2.45) is 5.92 Å². The molecule has 0 saturated carbocycles. The zero-order valence-corrected chi connectivity index (χ0v) is 14.1. The number of anilines is 1. The molecule has 1 aliphatic heterocycles. The molecule has 1 unspecified atom stereocenters. The van der Waals surface area contributed by atoms with Crippen LogP contribution in [0.5, 0.6) is 0 Å². The molecule has 1 fully saturated rings. The first-order valence-corrected chi connectivity index (χ1v) is 8.37. The van der Waals surface area contributed by atoms with Crippen LogP contribution < -0.4 is 5.32 Å². The Bertz CT molecular complexity index is 580. The standard InChI is InChI=1S/C15H19ClN2O3S/c1-9(2)22-13-4-3-11(16)7-12(13)17-15(21)18-6-5-10(8-18)14(19)20/h3-4,7,9-10H,5-6,8H2,1-2H3,(H,17,21)(H,19,20). The fourth-order valence-electron chi connectivity index (χ4n) is 2.30. The summed E-state index contributed by atoms with van der Waals surface area (Å²) in [6, 6.07) is 5.11. The molecule has 1 aromatic rings. The van der Waals surface area contributed by atoms with Gasteiger partial charge >= 0.3 is 12.0 Å². The van der Waals surface area contributed by atoms with Gasteiger partial charge in [0.25, 0.3) is 0 Å². The summed E-state index contributed by atoms with van der Waals surface area (Å²) >= 11 is 7.65. The van der Waals surface area contributed by atoms with E-state index in [4.69, 9.17) is 16.7 Å². The predicted molar refractivity (Wildman–Crippen MR) is 88.8 cm³/mol. The highest BCUT2D eigenvalue weighted by molar-refractivity contribution is 8.00. The van der Waals surface area contributed by atoms with Crippen molar-refractivity contribution in [3.63, 3.8) is 0 Å². The van der Waals surface area contributed by atoms with Gasteiger partial charge in [0, 0.05) is 28.3 Å². The Morgan fingerprint density at radius 3 is 2.77 bits per heavy atom. The van der Waals surface area contributed by atoms with Crippen LogP contribution in [0.25, 0.3) is 0 Å². The number of hydrogen-bond acceptors (Lipinski definition) is 3. The molecule has 22 heavy (non-hydrogen) atoms. The van der Waals surface area contributed by atoms with Crippen LogP contribution in [-0.2, 0) is 4.79 Å². The molecule has 0 bridgehead atoms. The number of likely N-dealkylation sites (tertiary alicyclic amines) is 1. The number of benzene rings is 1. The number of carbonyl (C=O) groups excluding carboxylic acids is 1. The number of carboxylic acid groups (broad SMARTS) is 1. The van der Waals surface area contributed by atoms with Gasteiger partial charge in [0.05, 0.1) is 11.6 Å². The van der Waals surface area contributed by atoms with Gasteiger partial charge < -0.3 is 15.3 Å². The second-order valence-electron chi connectivity index (χ2n) is 5.51. The molecule has 1 aliphatic rings. The van der Waals surface area contributed by atoms with Crippen LogP contribution in [0.15, 0.2) is 23.1 Å². The van der Waals surface area contributed by atoms with Gasteiger partial charge in [0.1, 0.15) is 0 Å². The number of halogens is 1. The van der Waals surface area contributed by atoms with Gasteiger partial charge in [-0.1, -0.05) is 25.4 Å². The van der Waals surface area contributed by atoms with Gasteiger partial charge in [-0.15, -0.1) is 11.8 Å². The minimum absolute atomic E-state index is 0.244. The molecule has 2 N–H and O–H groups in total. The minimum Gasteiger partial charge on any atom is -0.481 e. The van der Waals surface area contributed by atoms with Crippen LogP contribution in [0.3, 0.4) is 0 Å². The first-order chi connectivity index (χ1) is 10.4. The van der Waals surface area contributed by atoms with E-state index >= 15 is 0 Å². The van der Waals surface area contributed by atoms with E-state index in [0.29, 0.717) is 28.9 Å². The molecular weight excluding hydrogens is 324 g/mol. The van der Waals surface area contributed by atoms with Crippen LogP contribution >= 0.6 is 23.4 Å². The molecule has 0 aliphatic carbocycles. The van der Waals surface area contributed by atoms with Crippen molar-refractivity contribution in [2.45, 2.75) is 30.4 Å². The zero-order chi connectivity index (χ0) is 16.3. The number of carboxylic acids is 1. The maximum absolute atomic E-state index is 12.3. The van der Waals surface area contributed by atoms with E-state index in [1.165, 1.54) is 4.90 Å². The Kier molecular flexibility index (Phi) is 5.58. The van der Waals surface area contributed by atoms with E-state index in [9.17, 15) is 9.59 Å². The van der Waals surface area contributed by atoms with E-state index in [1.54, 1.807) is 23.9 Å². The quantitative estimate of drug-likeness (QED) is 0.817. The Morgan fingerprint density at radius 1 is 1.45 bits per heavy atom. The minimum atomic E-state index is -0.853. The maximum atomic E-state index is 12.3. The summed E-state index contributed by atoms with van der Waals surface area (Å²) in [5.74, 6) is -1.33. The van der Waals surface area contributed by atoms with E-state index in [2.05, 4.69) is 19.2 Å². The van der Waals surface area contributed by atoms with Crippen LogP contribution in [0.4, 0.5) is 10.5 Å². The lowest BCUT2D eigenvalue weighted by Crippen LogP contribution is -2.34. The average molecular weight is 343 g/mol. The van der Waals surface area contributed by atoms with Crippen molar-refractivity contribution in [1.29, 1.82) is 0 Å². The summed E-state index contributed by atoms with van der Waals surface area (Å²) in [6.07, 6.45) is 0.492. The number of thioether (sulfide) groups is 1. The Morgan fingerprint density at radius 2 is 2.18 bits per heavy atom. The van der Waals surface area contributed by atoms with Crippen molar-refractivity contribution >= 4 is 41.1 Å². The number of hydrogen-bond donors (Lipinski definition) is 2. The second-order valence-corrected chi connectivity index (χ2v) is 7.56. The number of urea groups is 1. The Labute approximate surface area is 139 Å². The number of rotatable bonds is 4. The van der Waals surface area contributed by atoms with Crippen LogP contribution in [0.1, 0.15) is 20.3 Å². The molecular formula is C15H19ClN2O3S. The zero-order valence-electron chi connectivity index (χ0n) is 12.5. The second kappa shape index (κ2) is 7.24. The lowest BCUT2D eigenvalue weighted by Gasteiger charge is -2.19. The molecule has 0 spiro atoms. The predicted octanol–water partition coefficient (Wildman–Crippen LogP) is 3.78. The first kappa shape index (κ1) is 17.0. The number of carbonyl (C=O) groups is 2. The highest BCUT2D eigenvalue weighted by Crippen LogP contribution is 2.33. The average Bonchev–Trinajstić information content (AvgIpc) is 2.91. The van der Waals surface area contributed by atoms with Crippen LogP contribution in [-0.4, -0.2) is 40.3 Å². The monoisotopic (exact) mass is 342 g/mol. The normalized spacial score (nSPS) is 17.8. The van der Waals surface area contributed by atoms with Gasteiger partial charge in [0.2, 0.25) is 0 Å². The lowest BCUT2D eigenvalue weighted by molar-refractivity contribution is -0.141. The summed E-state index contributed by atoms with van der Waals surface area (Å²) in [4.78, 5) is 25.7. The maximum Gasteiger partial charge on any atom is 0.321 e.